The standard InChI is InChI=1S/C30H41N3O4/c1-3-36-26-11-6-10-25(27(26)20-12-13-20)28(30(34)35)33(2)23-18-24(19-23)37-17-5-4-9-22-15-14-21-8-7-16-31-29(21)32-22/h6-8,10-11,16,20,22-24,28H,3-5,9,12-15,17-19H2,1-2H3,(H,31,32)(H,34,35)/t22-,23?,24?,28-/m0/s1. The van der Waals surface area contributed by atoms with E-state index in [-0.39, 0.29) is 12.1 Å². The van der Waals surface area contributed by atoms with E-state index in [9.17, 15) is 9.90 Å². The fraction of sp³-hybridized carbons (Fsp3) is 0.600. The number of anilines is 1. The van der Waals surface area contributed by atoms with Crippen molar-refractivity contribution in [2.24, 2.45) is 0 Å². The Morgan fingerprint density at radius 1 is 1.19 bits per heavy atom. The minimum absolute atomic E-state index is 0.216. The van der Waals surface area contributed by atoms with Gasteiger partial charge in [-0.2, -0.15) is 0 Å². The van der Waals surface area contributed by atoms with Gasteiger partial charge in [0.05, 0.1) is 12.7 Å². The number of hydrogen-bond donors (Lipinski definition) is 2. The van der Waals surface area contributed by atoms with Crippen LogP contribution in [-0.2, 0) is 16.0 Å². The molecule has 37 heavy (non-hydrogen) atoms. The first kappa shape index (κ1) is 26.0. The van der Waals surface area contributed by atoms with Gasteiger partial charge in [0.2, 0.25) is 0 Å². The maximum absolute atomic E-state index is 12.5. The molecule has 2 aliphatic carbocycles. The molecule has 2 saturated carbocycles. The Bertz CT molecular complexity index is 1070. The number of rotatable bonds is 13. The zero-order valence-corrected chi connectivity index (χ0v) is 22.2. The largest absolute Gasteiger partial charge is 0.494 e. The molecule has 5 rings (SSSR count). The smallest absolute Gasteiger partial charge is 0.325 e. The van der Waals surface area contributed by atoms with Gasteiger partial charge < -0.3 is 19.9 Å². The Kier molecular flexibility index (Phi) is 8.30. The van der Waals surface area contributed by atoms with E-state index in [0.717, 1.165) is 87.1 Å². The molecule has 0 bridgehead atoms. The van der Waals surface area contributed by atoms with Crippen molar-refractivity contribution >= 4 is 11.8 Å². The monoisotopic (exact) mass is 507 g/mol. The maximum Gasteiger partial charge on any atom is 0.325 e. The van der Waals surface area contributed by atoms with Crippen LogP contribution in [0.5, 0.6) is 5.75 Å². The van der Waals surface area contributed by atoms with Crippen LogP contribution in [0.25, 0.3) is 0 Å². The number of carboxylic acids is 1. The van der Waals surface area contributed by atoms with Gasteiger partial charge in [0.1, 0.15) is 17.6 Å². The lowest BCUT2D eigenvalue weighted by Gasteiger charge is -2.43. The number of aliphatic carboxylic acids is 1. The van der Waals surface area contributed by atoms with Crippen LogP contribution in [0, 0.1) is 0 Å². The van der Waals surface area contributed by atoms with Gasteiger partial charge >= 0.3 is 5.97 Å². The van der Waals surface area contributed by atoms with Crippen molar-refractivity contribution in [2.45, 2.75) is 94.9 Å². The zero-order valence-electron chi connectivity index (χ0n) is 22.2. The molecule has 2 atom stereocenters. The molecule has 2 fully saturated rings. The van der Waals surface area contributed by atoms with Crippen LogP contribution < -0.4 is 10.1 Å². The van der Waals surface area contributed by atoms with Crippen molar-refractivity contribution in [3.05, 3.63) is 53.2 Å². The van der Waals surface area contributed by atoms with E-state index in [1.807, 2.05) is 49.3 Å². The second-order valence-corrected chi connectivity index (χ2v) is 10.9. The molecule has 0 saturated heterocycles. The van der Waals surface area contributed by atoms with Crippen LogP contribution >= 0.6 is 0 Å². The topological polar surface area (TPSA) is 83.9 Å². The molecule has 0 amide bonds. The highest BCUT2D eigenvalue weighted by Crippen LogP contribution is 2.48. The van der Waals surface area contributed by atoms with Gasteiger partial charge in [0, 0.05) is 30.5 Å². The number of nitrogens with one attached hydrogen (secondary N) is 1. The molecule has 2 heterocycles. The van der Waals surface area contributed by atoms with Gasteiger partial charge in [-0.15, -0.1) is 0 Å². The number of benzene rings is 1. The summed E-state index contributed by atoms with van der Waals surface area (Å²) in [4.78, 5) is 19.0. The molecule has 7 heteroatoms. The van der Waals surface area contributed by atoms with E-state index in [4.69, 9.17) is 9.47 Å². The van der Waals surface area contributed by atoms with Crippen LogP contribution in [0.2, 0.25) is 0 Å². The molecule has 7 nitrogen and oxygen atoms in total. The van der Waals surface area contributed by atoms with Crippen LogP contribution in [-0.4, -0.2) is 59.4 Å². The molecular formula is C30H41N3O4. The van der Waals surface area contributed by atoms with Gasteiger partial charge in [0.15, 0.2) is 0 Å². The number of fused-ring (bicyclic) bond motifs is 1. The molecule has 3 aliphatic rings. The molecule has 1 aliphatic heterocycles. The molecule has 0 radical (unpaired) electrons. The number of aryl methyl sites for hydroxylation is 1. The normalized spacial score (nSPS) is 23.6. The van der Waals surface area contributed by atoms with Crippen molar-refractivity contribution in [1.82, 2.24) is 9.88 Å². The molecule has 1 aromatic carbocycles. The summed E-state index contributed by atoms with van der Waals surface area (Å²) in [7, 11) is 1.95. The van der Waals surface area contributed by atoms with Crippen molar-refractivity contribution in [2.75, 3.05) is 25.6 Å². The quantitative estimate of drug-likeness (QED) is 0.343. The summed E-state index contributed by atoms with van der Waals surface area (Å²) in [5.74, 6) is 1.52. The van der Waals surface area contributed by atoms with Crippen LogP contribution in [0.3, 0.4) is 0 Å². The first-order chi connectivity index (χ1) is 18.0. The number of pyridine rings is 1. The molecular weight excluding hydrogens is 466 g/mol. The van der Waals surface area contributed by atoms with Gasteiger partial charge in [0.25, 0.3) is 0 Å². The van der Waals surface area contributed by atoms with E-state index in [2.05, 4.69) is 16.4 Å². The third kappa shape index (κ3) is 6.10. The highest BCUT2D eigenvalue weighted by Gasteiger charge is 2.41. The summed E-state index contributed by atoms with van der Waals surface area (Å²) in [5.41, 5.74) is 3.31. The number of carboxylic acid groups (broad SMARTS) is 1. The van der Waals surface area contributed by atoms with E-state index in [1.54, 1.807) is 0 Å². The number of ether oxygens (including phenoxy) is 2. The number of aromatic nitrogens is 1. The van der Waals surface area contributed by atoms with Gasteiger partial charge in [-0.1, -0.05) is 18.2 Å². The predicted octanol–water partition coefficient (Wildman–Crippen LogP) is 5.56. The minimum atomic E-state index is -0.795. The average Bonchev–Trinajstić information content (AvgIpc) is 3.70. The second kappa shape index (κ2) is 11.8. The summed E-state index contributed by atoms with van der Waals surface area (Å²) in [6.45, 7) is 3.33. The highest BCUT2D eigenvalue weighted by molar-refractivity contribution is 5.77. The molecule has 200 valence electrons. The van der Waals surface area contributed by atoms with E-state index in [0.29, 0.717) is 18.6 Å². The van der Waals surface area contributed by atoms with Crippen molar-refractivity contribution < 1.29 is 19.4 Å². The van der Waals surface area contributed by atoms with Crippen LogP contribution in [0.1, 0.15) is 86.9 Å². The first-order valence-electron chi connectivity index (χ1n) is 14.1. The molecule has 2 N–H and O–H groups in total. The van der Waals surface area contributed by atoms with Crippen LogP contribution in [0.4, 0.5) is 5.82 Å². The Morgan fingerprint density at radius 2 is 2.03 bits per heavy atom. The lowest BCUT2D eigenvalue weighted by atomic mass is 9.85. The lowest BCUT2D eigenvalue weighted by molar-refractivity contribution is -0.146. The summed E-state index contributed by atoms with van der Waals surface area (Å²) < 4.78 is 12.0. The van der Waals surface area contributed by atoms with Gasteiger partial charge in [-0.3, -0.25) is 9.69 Å². The Morgan fingerprint density at radius 3 is 2.78 bits per heavy atom. The van der Waals surface area contributed by atoms with Gasteiger partial charge in [-0.05, 0) is 101 Å². The van der Waals surface area contributed by atoms with E-state index < -0.39 is 12.0 Å². The first-order valence-corrected chi connectivity index (χ1v) is 14.1. The van der Waals surface area contributed by atoms with Crippen molar-refractivity contribution in [3.8, 4) is 5.75 Å². The Labute approximate surface area is 220 Å². The third-order valence-corrected chi connectivity index (χ3v) is 8.26. The molecule has 0 spiro atoms. The highest BCUT2D eigenvalue weighted by atomic mass is 16.5. The average molecular weight is 508 g/mol. The lowest BCUT2D eigenvalue weighted by Crippen LogP contribution is -2.49. The summed E-state index contributed by atoms with van der Waals surface area (Å²) in [6.07, 6.45) is 11.7. The van der Waals surface area contributed by atoms with E-state index >= 15 is 0 Å². The Balaban J connectivity index is 1.07. The third-order valence-electron chi connectivity index (χ3n) is 8.26. The fourth-order valence-corrected chi connectivity index (χ4v) is 5.96. The number of likely N-dealkylation sites (N-methyl/N-ethyl adjacent to an activating group) is 1. The maximum atomic E-state index is 12.5. The minimum Gasteiger partial charge on any atom is -0.494 e. The number of carbonyl (C=O) groups is 1. The summed E-state index contributed by atoms with van der Waals surface area (Å²) in [5, 5.41) is 13.8. The molecule has 0 unspecified atom stereocenters. The number of nitrogens with zero attached hydrogens (tertiary/aromatic N) is 2. The predicted molar refractivity (Wildman–Crippen MR) is 144 cm³/mol. The number of unbranched alkanes of at least 4 members (excludes halogenated alkanes) is 1. The fourth-order valence-electron chi connectivity index (χ4n) is 5.96. The van der Waals surface area contributed by atoms with Crippen LogP contribution in [0.15, 0.2) is 36.5 Å². The van der Waals surface area contributed by atoms with Crippen molar-refractivity contribution in [1.29, 1.82) is 0 Å². The molecule has 2 aromatic rings. The van der Waals surface area contributed by atoms with E-state index in [1.165, 1.54) is 5.56 Å². The molecule has 1 aromatic heterocycles. The summed E-state index contributed by atoms with van der Waals surface area (Å²) >= 11 is 0. The van der Waals surface area contributed by atoms with Crippen molar-refractivity contribution in [3.63, 3.8) is 0 Å². The van der Waals surface area contributed by atoms with Gasteiger partial charge in [-0.25, -0.2) is 4.98 Å². The second-order valence-electron chi connectivity index (χ2n) is 10.9. The zero-order chi connectivity index (χ0) is 25.8. The Hall–Kier alpha value is -2.64. The number of hydrogen-bond acceptors (Lipinski definition) is 6. The SMILES string of the molecule is CCOc1cccc([C@@H](C(=O)O)N(C)C2CC(OCCCC[C@H]3CCc4cccnc4N3)C2)c1C1CC1. The summed E-state index contributed by atoms with van der Waals surface area (Å²) in [6, 6.07) is 10.1.